The third kappa shape index (κ3) is 5.96. The van der Waals surface area contributed by atoms with Gasteiger partial charge in [-0.3, -0.25) is 4.79 Å². The quantitative estimate of drug-likeness (QED) is 0.420. The first-order valence-electron chi connectivity index (χ1n) is 7.99. The molecule has 6 nitrogen and oxygen atoms in total. The Hall–Kier alpha value is -3.12. The van der Waals surface area contributed by atoms with E-state index in [1.54, 1.807) is 26.0 Å². The van der Waals surface area contributed by atoms with Crippen LogP contribution in [0.1, 0.15) is 21.5 Å². The number of nitriles is 1. The molecule has 0 heterocycles. The Morgan fingerprint density at radius 2 is 1.79 bits per heavy atom. The number of carbonyl (C=O) groups excluding carboxylic acids is 2. The number of halogens is 2. The molecule has 0 fully saturated rings. The summed E-state index contributed by atoms with van der Waals surface area (Å²) in [5.74, 6) is -1.39. The molecule has 0 aliphatic rings. The maximum atomic E-state index is 12.1. The van der Waals surface area contributed by atoms with Crippen molar-refractivity contribution in [2.75, 3.05) is 11.9 Å². The number of ether oxygens (including phenoxy) is 2. The Morgan fingerprint density at radius 3 is 2.32 bits per heavy atom. The molecule has 0 bridgehead atoms. The summed E-state index contributed by atoms with van der Waals surface area (Å²) in [6.07, 6.45) is 0. The highest BCUT2D eigenvalue weighted by atomic mass is 32.2. The van der Waals surface area contributed by atoms with E-state index in [-0.39, 0.29) is 11.3 Å². The average Bonchev–Trinajstić information content (AvgIpc) is 2.63. The minimum atomic E-state index is -2.96. The number of hydrogen-bond acceptors (Lipinski definition) is 6. The number of hydrogen-bond donors (Lipinski definition) is 1. The predicted molar refractivity (Wildman–Crippen MR) is 99.4 cm³/mol. The lowest BCUT2D eigenvalue weighted by atomic mass is 10.1. The summed E-state index contributed by atoms with van der Waals surface area (Å²) in [6, 6.07) is 8.47. The summed E-state index contributed by atoms with van der Waals surface area (Å²) in [5, 5.41) is 13.4. The Kier molecular flexibility index (Phi) is 7.35. The standard InChI is InChI=1S/C19H16F2N2O4S/c1-11-7-15(28-10-22)8-12(2)17(11)23-16(24)9-26-18(25)13-3-5-14(6-4-13)27-19(20)21/h3-8,19H,9H2,1-2H3,(H,23,24). The van der Waals surface area contributed by atoms with Gasteiger partial charge in [-0.05, 0) is 73.1 Å². The summed E-state index contributed by atoms with van der Waals surface area (Å²) in [5.41, 5.74) is 2.22. The molecule has 9 heteroatoms. The number of nitrogens with zero attached hydrogens (tertiary/aromatic N) is 1. The zero-order valence-corrected chi connectivity index (χ0v) is 15.8. The Bertz CT molecular complexity index is 888. The SMILES string of the molecule is Cc1cc(SC#N)cc(C)c1NC(=O)COC(=O)c1ccc(OC(F)F)cc1. The van der Waals surface area contributed by atoms with Crippen LogP contribution in [0.2, 0.25) is 0 Å². The molecule has 0 spiro atoms. The first-order valence-corrected chi connectivity index (χ1v) is 8.81. The van der Waals surface area contributed by atoms with Gasteiger partial charge in [-0.25, -0.2) is 4.79 Å². The second-order valence-corrected chi connectivity index (χ2v) is 6.51. The molecule has 0 saturated carbocycles. The number of aryl methyl sites for hydroxylation is 2. The fraction of sp³-hybridized carbons (Fsp3) is 0.211. The van der Waals surface area contributed by atoms with Gasteiger partial charge in [0.15, 0.2) is 6.61 Å². The molecule has 1 N–H and O–H groups in total. The Labute approximate surface area is 164 Å². The molecule has 0 unspecified atom stereocenters. The average molecular weight is 406 g/mol. The van der Waals surface area contributed by atoms with Gasteiger partial charge in [0.2, 0.25) is 0 Å². The van der Waals surface area contributed by atoms with E-state index in [2.05, 4.69) is 10.1 Å². The van der Waals surface area contributed by atoms with E-state index in [0.29, 0.717) is 5.69 Å². The molecule has 0 saturated heterocycles. The van der Waals surface area contributed by atoms with Crippen molar-refractivity contribution in [1.29, 1.82) is 5.26 Å². The van der Waals surface area contributed by atoms with Crippen molar-refractivity contribution in [2.24, 2.45) is 0 Å². The van der Waals surface area contributed by atoms with Gasteiger partial charge in [0.25, 0.3) is 5.91 Å². The van der Waals surface area contributed by atoms with Crippen LogP contribution in [-0.2, 0) is 9.53 Å². The minimum Gasteiger partial charge on any atom is -0.452 e. The van der Waals surface area contributed by atoms with Crippen LogP contribution in [0.5, 0.6) is 5.75 Å². The maximum Gasteiger partial charge on any atom is 0.387 e. The lowest BCUT2D eigenvalue weighted by molar-refractivity contribution is -0.119. The molecule has 28 heavy (non-hydrogen) atoms. The predicted octanol–water partition coefficient (Wildman–Crippen LogP) is 4.27. The third-order valence-electron chi connectivity index (χ3n) is 3.58. The van der Waals surface area contributed by atoms with Gasteiger partial charge < -0.3 is 14.8 Å². The molecule has 146 valence electrons. The second kappa shape index (κ2) is 9.71. The number of anilines is 1. The van der Waals surface area contributed by atoms with Gasteiger partial charge >= 0.3 is 12.6 Å². The van der Waals surface area contributed by atoms with Crippen molar-refractivity contribution in [2.45, 2.75) is 25.4 Å². The van der Waals surface area contributed by atoms with E-state index in [4.69, 9.17) is 10.00 Å². The van der Waals surface area contributed by atoms with Crippen LogP contribution in [-0.4, -0.2) is 25.1 Å². The molecule has 0 aliphatic carbocycles. The molecule has 0 aromatic heterocycles. The first kappa shape index (κ1) is 21.2. The number of thioether (sulfide) groups is 1. The van der Waals surface area contributed by atoms with Crippen LogP contribution in [0.15, 0.2) is 41.3 Å². The molecule has 0 radical (unpaired) electrons. The highest BCUT2D eigenvalue weighted by Gasteiger charge is 2.14. The maximum absolute atomic E-state index is 12.1. The van der Waals surface area contributed by atoms with Gasteiger partial charge in [-0.15, -0.1) is 0 Å². The van der Waals surface area contributed by atoms with E-state index in [9.17, 15) is 18.4 Å². The normalized spacial score (nSPS) is 10.3. The van der Waals surface area contributed by atoms with Crippen LogP contribution in [0.3, 0.4) is 0 Å². The fourth-order valence-electron chi connectivity index (χ4n) is 2.39. The number of alkyl halides is 2. The number of benzene rings is 2. The number of nitrogens with one attached hydrogen (secondary N) is 1. The molecule has 1 amide bonds. The van der Waals surface area contributed by atoms with Crippen LogP contribution >= 0.6 is 11.8 Å². The van der Waals surface area contributed by atoms with Crippen molar-refractivity contribution in [3.8, 4) is 11.2 Å². The van der Waals surface area contributed by atoms with Gasteiger partial charge in [0.05, 0.1) is 5.56 Å². The molecule has 2 rings (SSSR count). The van der Waals surface area contributed by atoms with Crippen LogP contribution in [0.4, 0.5) is 14.5 Å². The number of esters is 1. The van der Waals surface area contributed by atoms with E-state index >= 15 is 0 Å². The number of rotatable bonds is 7. The smallest absolute Gasteiger partial charge is 0.387 e. The summed E-state index contributed by atoms with van der Waals surface area (Å²) in [4.78, 5) is 24.8. The lowest BCUT2D eigenvalue weighted by Crippen LogP contribution is -2.22. The van der Waals surface area contributed by atoms with E-state index in [1.165, 1.54) is 24.3 Å². The largest absolute Gasteiger partial charge is 0.452 e. The number of thiocyanates is 1. The van der Waals surface area contributed by atoms with E-state index in [0.717, 1.165) is 27.8 Å². The van der Waals surface area contributed by atoms with Crippen LogP contribution < -0.4 is 10.1 Å². The minimum absolute atomic E-state index is 0.0896. The molecule has 2 aromatic carbocycles. The number of amides is 1. The third-order valence-corrected chi connectivity index (χ3v) is 4.15. The first-order chi connectivity index (χ1) is 13.3. The monoisotopic (exact) mass is 406 g/mol. The molecule has 0 aliphatic heterocycles. The van der Waals surface area contributed by atoms with Crippen LogP contribution in [0.25, 0.3) is 0 Å². The lowest BCUT2D eigenvalue weighted by Gasteiger charge is -2.13. The molecular formula is C19H16F2N2O4S. The second-order valence-electron chi connectivity index (χ2n) is 5.65. The summed E-state index contributed by atoms with van der Waals surface area (Å²) in [7, 11) is 0. The van der Waals surface area contributed by atoms with Crippen LogP contribution in [0, 0.1) is 24.5 Å². The van der Waals surface area contributed by atoms with Gasteiger partial charge in [-0.1, -0.05) is 0 Å². The van der Waals surface area contributed by atoms with Crippen molar-refractivity contribution >= 4 is 29.3 Å². The zero-order valence-electron chi connectivity index (χ0n) is 15.0. The van der Waals surface area contributed by atoms with Gasteiger partial charge in [-0.2, -0.15) is 14.0 Å². The molecular weight excluding hydrogens is 390 g/mol. The highest BCUT2D eigenvalue weighted by Crippen LogP contribution is 2.27. The zero-order chi connectivity index (χ0) is 20.7. The van der Waals surface area contributed by atoms with Crippen molar-refractivity contribution in [1.82, 2.24) is 0 Å². The fourth-order valence-corrected chi connectivity index (χ4v) is 2.97. The molecule has 2 aromatic rings. The van der Waals surface area contributed by atoms with Crippen molar-refractivity contribution in [3.05, 3.63) is 53.1 Å². The summed E-state index contributed by atoms with van der Waals surface area (Å²) < 4.78 is 33.4. The highest BCUT2D eigenvalue weighted by molar-refractivity contribution is 8.03. The molecule has 0 atom stereocenters. The Morgan fingerprint density at radius 1 is 1.18 bits per heavy atom. The van der Waals surface area contributed by atoms with Crippen molar-refractivity contribution in [3.63, 3.8) is 0 Å². The topological polar surface area (TPSA) is 88.4 Å². The van der Waals surface area contributed by atoms with E-state index in [1.807, 2.05) is 5.40 Å². The van der Waals surface area contributed by atoms with E-state index < -0.39 is 25.1 Å². The van der Waals surface area contributed by atoms with Crippen molar-refractivity contribution < 1.29 is 27.8 Å². The van der Waals surface area contributed by atoms with Gasteiger partial charge in [0, 0.05) is 10.6 Å². The van der Waals surface area contributed by atoms with Gasteiger partial charge in [0.1, 0.15) is 11.2 Å². The Balaban J connectivity index is 1.93. The number of carbonyl (C=O) groups is 2. The summed E-state index contributed by atoms with van der Waals surface area (Å²) >= 11 is 1.02. The summed E-state index contributed by atoms with van der Waals surface area (Å²) in [6.45, 7) is 0.112.